The van der Waals surface area contributed by atoms with Crippen molar-refractivity contribution in [3.05, 3.63) is 17.0 Å². The lowest BCUT2D eigenvalue weighted by molar-refractivity contribution is -0.122. The van der Waals surface area contributed by atoms with E-state index in [2.05, 4.69) is 15.5 Å². The van der Waals surface area contributed by atoms with E-state index in [0.29, 0.717) is 32.5 Å². The number of amides is 2. The SMILES string of the molecule is CCOC(=O)N1CCC(NC(=O)CCc2c(C)n[nH]c2C)CC1. The van der Waals surface area contributed by atoms with Crippen LogP contribution in [-0.2, 0) is 16.0 Å². The Morgan fingerprint density at radius 3 is 2.61 bits per heavy atom. The number of aryl methyl sites for hydroxylation is 2. The molecule has 0 aliphatic carbocycles. The maximum Gasteiger partial charge on any atom is 0.409 e. The molecule has 1 fully saturated rings. The van der Waals surface area contributed by atoms with Gasteiger partial charge in [0.25, 0.3) is 0 Å². The number of aromatic nitrogens is 2. The topological polar surface area (TPSA) is 87.3 Å². The van der Waals surface area contributed by atoms with E-state index in [1.807, 2.05) is 13.8 Å². The van der Waals surface area contributed by atoms with Gasteiger partial charge in [-0.2, -0.15) is 5.10 Å². The highest BCUT2D eigenvalue weighted by Crippen LogP contribution is 2.14. The third-order valence-corrected chi connectivity index (χ3v) is 4.27. The average molecular weight is 322 g/mol. The number of carbonyl (C=O) groups excluding carboxylic acids is 2. The Labute approximate surface area is 136 Å². The molecule has 0 radical (unpaired) electrons. The van der Waals surface area contributed by atoms with Gasteiger partial charge in [-0.3, -0.25) is 9.89 Å². The number of aromatic amines is 1. The normalized spacial score (nSPS) is 15.5. The monoisotopic (exact) mass is 322 g/mol. The van der Waals surface area contributed by atoms with Gasteiger partial charge in [-0.15, -0.1) is 0 Å². The average Bonchev–Trinajstić information content (AvgIpc) is 2.85. The van der Waals surface area contributed by atoms with E-state index in [1.54, 1.807) is 11.8 Å². The van der Waals surface area contributed by atoms with Crippen LogP contribution in [0.5, 0.6) is 0 Å². The van der Waals surface area contributed by atoms with Gasteiger partial charge in [0.15, 0.2) is 0 Å². The van der Waals surface area contributed by atoms with Crippen LogP contribution >= 0.6 is 0 Å². The zero-order chi connectivity index (χ0) is 16.8. The number of nitrogens with zero attached hydrogens (tertiary/aromatic N) is 2. The number of piperidine rings is 1. The number of H-pyrrole nitrogens is 1. The van der Waals surface area contributed by atoms with E-state index in [0.717, 1.165) is 29.8 Å². The zero-order valence-electron chi connectivity index (χ0n) is 14.1. The highest BCUT2D eigenvalue weighted by atomic mass is 16.6. The molecule has 0 atom stereocenters. The molecule has 2 rings (SSSR count). The summed E-state index contributed by atoms with van der Waals surface area (Å²) in [6.07, 6.45) is 2.44. The second kappa shape index (κ2) is 7.99. The first kappa shape index (κ1) is 17.3. The van der Waals surface area contributed by atoms with E-state index in [9.17, 15) is 9.59 Å². The van der Waals surface area contributed by atoms with Crippen molar-refractivity contribution < 1.29 is 14.3 Å². The highest BCUT2D eigenvalue weighted by Gasteiger charge is 2.24. The van der Waals surface area contributed by atoms with Gasteiger partial charge >= 0.3 is 6.09 Å². The second-order valence-corrected chi connectivity index (χ2v) is 5.94. The van der Waals surface area contributed by atoms with Crippen molar-refractivity contribution in [3.63, 3.8) is 0 Å². The summed E-state index contributed by atoms with van der Waals surface area (Å²) in [5.74, 6) is 0.0552. The summed E-state index contributed by atoms with van der Waals surface area (Å²) in [6.45, 7) is 7.37. The van der Waals surface area contributed by atoms with Crippen LogP contribution in [0.4, 0.5) is 4.79 Å². The molecule has 7 heteroatoms. The summed E-state index contributed by atoms with van der Waals surface area (Å²) in [5, 5.41) is 10.1. The largest absolute Gasteiger partial charge is 0.450 e. The molecule has 1 aliphatic rings. The van der Waals surface area contributed by atoms with Crippen LogP contribution in [-0.4, -0.2) is 52.8 Å². The van der Waals surface area contributed by atoms with Gasteiger partial charge in [0.1, 0.15) is 0 Å². The zero-order valence-corrected chi connectivity index (χ0v) is 14.1. The van der Waals surface area contributed by atoms with Gasteiger partial charge in [-0.05, 0) is 45.6 Å². The van der Waals surface area contributed by atoms with Gasteiger partial charge in [-0.1, -0.05) is 0 Å². The van der Waals surface area contributed by atoms with Gasteiger partial charge < -0.3 is 15.0 Å². The molecule has 1 aromatic heterocycles. The van der Waals surface area contributed by atoms with Crippen molar-refractivity contribution in [1.29, 1.82) is 0 Å². The molecule has 0 bridgehead atoms. The van der Waals surface area contributed by atoms with Crippen LogP contribution in [0.25, 0.3) is 0 Å². The quantitative estimate of drug-likeness (QED) is 0.863. The number of nitrogens with one attached hydrogen (secondary N) is 2. The van der Waals surface area contributed by atoms with Gasteiger partial charge in [-0.25, -0.2) is 4.79 Å². The third-order valence-electron chi connectivity index (χ3n) is 4.27. The smallest absolute Gasteiger partial charge is 0.409 e. The molecule has 2 N–H and O–H groups in total. The molecule has 2 heterocycles. The number of ether oxygens (including phenoxy) is 1. The summed E-state index contributed by atoms with van der Waals surface area (Å²) in [5.41, 5.74) is 3.10. The Morgan fingerprint density at radius 1 is 1.35 bits per heavy atom. The third kappa shape index (κ3) is 4.71. The maximum absolute atomic E-state index is 12.1. The van der Waals surface area contributed by atoms with Crippen molar-refractivity contribution in [2.45, 2.75) is 52.5 Å². The molecule has 7 nitrogen and oxygen atoms in total. The van der Waals surface area contributed by atoms with E-state index in [4.69, 9.17) is 4.74 Å². The van der Waals surface area contributed by atoms with Crippen molar-refractivity contribution >= 4 is 12.0 Å². The molecule has 0 aromatic carbocycles. The standard InChI is InChI=1S/C16H26N4O3/c1-4-23-16(22)20-9-7-13(8-10-20)17-15(21)6-5-14-11(2)18-19-12(14)3/h13H,4-10H2,1-3H3,(H,17,21)(H,18,19). The summed E-state index contributed by atoms with van der Waals surface area (Å²) in [4.78, 5) is 25.4. The molecule has 23 heavy (non-hydrogen) atoms. The Bertz CT molecular complexity index is 528. The molecule has 1 aliphatic heterocycles. The number of rotatable bonds is 5. The van der Waals surface area contributed by atoms with Crippen molar-refractivity contribution in [2.24, 2.45) is 0 Å². The molecule has 2 amide bonds. The first-order valence-electron chi connectivity index (χ1n) is 8.22. The lowest BCUT2D eigenvalue weighted by Crippen LogP contribution is -2.46. The first-order chi connectivity index (χ1) is 11.0. The van der Waals surface area contributed by atoms with Gasteiger partial charge in [0.2, 0.25) is 5.91 Å². The fourth-order valence-electron chi connectivity index (χ4n) is 2.90. The minimum Gasteiger partial charge on any atom is -0.450 e. The lowest BCUT2D eigenvalue weighted by atomic mass is 10.0. The molecule has 0 spiro atoms. The number of hydrogen-bond donors (Lipinski definition) is 2. The molecule has 1 saturated heterocycles. The fraction of sp³-hybridized carbons (Fsp3) is 0.688. The fourth-order valence-corrected chi connectivity index (χ4v) is 2.90. The summed E-state index contributed by atoms with van der Waals surface area (Å²) >= 11 is 0. The van der Waals surface area contributed by atoms with Crippen molar-refractivity contribution in [2.75, 3.05) is 19.7 Å². The Balaban J connectivity index is 1.72. The number of hydrogen-bond acceptors (Lipinski definition) is 4. The van der Waals surface area contributed by atoms with Crippen LogP contribution in [0.2, 0.25) is 0 Å². The van der Waals surface area contributed by atoms with Crippen LogP contribution in [0.3, 0.4) is 0 Å². The Hall–Kier alpha value is -2.05. The van der Waals surface area contributed by atoms with Crippen LogP contribution in [0.1, 0.15) is 43.1 Å². The molecular weight excluding hydrogens is 296 g/mol. The van der Waals surface area contributed by atoms with Gasteiger partial charge in [0.05, 0.1) is 12.3 Å². The number of likely N-dealkylation sites (tertiary alicyclic amines) is 1. The summed E-state index contributed by atoms with van der Waals surface area (Å²) in [6, 6.07) is 0.139. The Kier molecular flexibility index (Phi) is 6.01. The van der Waals surface area contributed by atoms with Crippen molar-refractivity contribution in [1.82, 2.24) is 20.4 Å². The lowest BCUT2D eigenvalue weighted by Gasteiger charge is -2.31. The van der Waals surface area contributed by atoms with Crippen molar-refractivity contribution in [3.8, 4) is 0 Å². The predicted octanol–water partition coefficient (Wildman–Crippen LogP) is 1.70. The van der Waals surface area contributed by atoms with E-state index < -0.39 is 0 Å². The second-order valence-electron chi connectivity index (χ2n) is 5.94. The van der Waals surface area contributed by atoms with E-state index in [1.165, 1.54) is 0 Å². The molecule has 0 saturated carbocycles. The predicted molar refractivity (Wildman–Crippen MR) is 86.1 cm³/mol. The van der Waals surface area contributed by atoms with Crippen LogP contribution in [0.15, 0.2) is 0 Å². The summed E-state index contributed by atoms with van der Waals surface area (Å²) in [7, 11) is 0. The summed E-state index contributed by atoms with van der Waals surface area (Å²) < 4.78 is 4.99. The molecule has 1 aromatic rings. The Morgan fingerprint density at radius 2 is 2.04 bits per heavy atom. The minimum atomic E-state index is -0.261. The first-order valence-corrected chi connectivity index (χ1v) is 8.22. The minimum absolute atomic E-state index is 0.0552. The maximum atomic E-state index is 12.1. The number of carbonyl (C=O) groups is 2. The van der Waals surface area contributed by atoms with E-state index >= 15 is 0 Å². The van der Waals surface area contributed by atoms with E-state index in [-0.39, 0.29) is 18.0 Å². The highest BCUT2D eigenvalue weighted by molar-refractivity contribution is 5.76. The molecule has 0 unspecified atom stereocenters. The van der Waals surface area contributed by atoms with Gasteiger partial charge in [0, 0.05) is 31.2 Å². The van der Waals surface area contributed by atoms with Crippen LogP contribution in [0, 0.1) is 13.8 Å². The van der Waals surface area contributed by atoms with Crippen LogP contribution < -0.4 is 5.32 Å². The molecular formula is C16H26N4O3. The molecule has 128 valence electrons.